The van der Waals surface area contributed by atoms with Crippen LogP contribution in [0.5, 0.6) is 0 Å². The Bertz CT molecular complexity index is 826. The molecule has 0 radical (unpaired) electrons. The Morgan fingerprint density at radius 1 is 1.08 bits per heavy atom. The molecule has 0 aliphatic heterocycles. The normalized spacial score (nSPS) is 11.0. The Hall–Kier alpha value is -2.59. The molecule has 0 saturated carbocycles. The number of nitrogens with one attached hydrogen (secondary N) is 1. The number of para-hydroxylation sites is 1. The van der Waals surface area contributed by atoms with E-state index in [1.165, 1.54) is 10.9 Å². The molecule has 3 aromatic rings. The molecule has 0 bridgehead atoms. The minimum absolute atomic E-state index is 0.186. The number of hydrogen-bond acceptors (Lipinski definition) is 2. The molecule has 0 fully saturated rings. The second-order valence-electron chi connectivity index (χ2n) is 6.51. The number of hydrogen-bond donors (Lipinski definition) is 1. The first kappa shape index (κ1) is 18.2. The summed E-state index contributed by atoms with van der Waals surface area (Å²) in [5.41, 5.74) is 3.58. The number of aromatic nitrogens is 1. The van der Waals surface area contributed by atoms with Gasteiger partial charge in [-0.05, 0) is 30.0 Å². The van der Waals surface area contributed by atoms with E-state index in [2.05, 4.69) is 41.5 Å². The quantitative estimate of drug-likeness (QED) is 0.630. The predicted octanol–water partition coefficient (Wildman–Crippen LogP) is 4.17. The molecule has 26 heavy (non-hydrogen) atoms. The van der Waals surface area contributed by atoms with Crippen molar-refractivity contribution in [3.63, 3.8) is 0 Å². The Labute approximate surface area is 154 Å². The number of nitrogens with zero attached hydrogens (tertiary/aromatic N) is 1. The molecule has 136 valence electrons. The topological polar surface area (TPSA) is 45.3 Å². The van der Waals surface area contributed by atoms with Gasteiger partial charge in [-0.1, -0.05) is 48.5 Å². The van der Waals surface area contributed by atoms with E-state index in [4.69, 9.17) is 4.74 Å². The molecule has 1 aromatic heterocycles. The number of ether oxygens (including phenoxy) is 1. The number of carbonyl (C=O) groups excluding carboxylic acids is 1. The van der Waals surface area contributed by atoms with Crippen molar-refractivity contribution in [3.05, 3.63) is 71.9 Å². The molecule has 0 aliphatic rings. The first-order valence-corrected chi connectivity index (χ1v) is 9.13. The highest BCUT2D eigenvalue weighted by atomic mass is 16.5. The maximum Gasteiger partial charge on any atom is 0.222 e. The van der Waals surface area contributed by atoms with Crippen LogP contribution in [0.3, 0.4) is 0 Å². The van der Waals surface area contributed by atoms with Crippen LogP contribution in [0.25, 0.3) is 10.9 Å². The van der Waals surface area contributed by atoms with Gasteiger partial charge in [0.1, 0.15) is 0 Å². The zero-order valence-corrected chi connectivity index (χ0v) is 15.3. The third kappa shape index (κ3) is 4.73. The first-order valence-electron chi connectivity index (χ1n) is 9.13. The van der Waals surface area contributed by atoms with Crippen LogP contribution in [0, 0.1) is 0 Å². The van der Waals surface area contributed by atoms with E-state index in [0.29, 0.717) is 26.1 Å². The largest absolute Gasteiger partial charge is 0.383 e. The minimum atomic E-state index is 0.186. The highest BCUT2D eigenvalue weighted by molar-refractivity contribution is 5.83. The molecule has 1 heterocycles. The number of aryl methyl sites for hydroxylation is 1. The van der Waals surface area contributed by atoms with Gasteiger partial charge in [0.15, 0.2) is 0 Å². The van der Waals surface area contributed by atoms with Crippen LogP contribution in [0.2, 0.25) is 0 Å². The maximum absolute atomic E-state index is 12.7. The van der Waals surface area contributed by atoms with Gasteiger partial charge in [-0.2, -0.15) is 0 Å². The molecular formula is C22H26N2O2. The fourth-order valence-electron chi connectivity index (χ4n) is 3.22. The van der Waals surface area contributed by atoms with Crippen molar-refractivity contribution in [2.75, 3.05) is 20.3 Å². The van der Waals surface area contributed by atoms with E-state index in [1.54, 1.807) is 7.11 Å². The summed E-state index contributed by atoms with van der Waals surface area (Å²) in [5, 5.41) is 1.25. The lowest BCUT2D eigenvalue weighted by atomic mass is 10.1. The van der Waals surface area contributed by atoms with Crippen LogP contribution >= 0.6 is 0 Å². The van der Waals surface area contributed by atoms with E-state index in [9.17, 15) is 4.79 Å². The van der Waals surface area contributed by atoms with Gasteiger partial charge in [-0.15, -0.1) is 0 Å². The van der Waals surface area contributed by atoms with Gasteiger partial charge in [-0.25, -0.2) is 0 Å². The molecule has 0 atom stereocenters. The highest BCUT2D eigenvalue weighted by Gasteiger charge is 2.14. The Balaban J connectivity index is 1.56. The van der Waals surface area contributed by atoms with Gasteiger partial charge in [0.25, 0.3) is 0 Å². The maximum atomic E-state index is 12.7. The van der Waals surface area contributed by atoms with E-state index >= 15 is 0 Å². The Morgan fingerprint density at radius 2 is 1.85 bits per heavy atom. The first-order chi connectivity index (χ1) is 12.8. The van der Waals surface area contributed by atoms with Crippen molar-refractivity contribution >= 4 is 16.8 Å². The number of benzene rings is 2. The summed E-state index contributed by atoms with van der Waals surface area (Å²) in [7, 11) is 1.67. The van der Waals surface area contributed by atoms with Crippen LogP contribution in [-0.2, 0) is 22.5 Å². The summed E-state index contributed by atoms with van der Waals surface area (Å²) in [6.07, 6.45) is 4.36. The average Bonchev–Trinajstić information content (AvgIpc) is 3.09. The summed E-state index contributed by atoms with van der Waals surface area (Å²) in [6, 6.07) is 18.4. The molecule has 1 amide bonds. The minimum Gasteiger partial charge on any atom is -0.383 e. The molecular weight excluding hydrogens is 324 g/mol. The number of carbonyl (C=O) groups is 1. The molecule has 4 nitrogen and oxygen atoms in total. The van der Waals surface area contributed by atoms with Crippen molar-refractivity contribution in [2.45, 2.75) is 25.8 Å². The summed E-state index contributed by atoms with van der Waals surface area (Å²) in [5.74, 6) is 0.186. The van der Waals surface area contributed by atoms with E-state index < -0.39 is 0 Å². The van der Waals surface area contributed by atoms with Crippen molar-refractivity contribution < 1.29 is 9.53 Å². The van der Waals surface area contributed by atoms with Gasteiger partial charge in [-0.3, -0.25) is 4.79 Å². The monoisotopic (exact) mass is 350 g/mol. The smallest absolute Gasteiger partial charge is 0.222 e. The van der Waals surface area contributed by atoms with Gasteiger partial charge in [0, 0.05) is 43.7 Å². The lowest BCUT2D eigenvalue weighted by Gasteiger charge is -2.22. The predicted molar refractivity (Wildman–Crippen MR) is 105 cm³/mol. The van der Waals surface area contributed by atoms with Gasteiger partial charge in [0.2, 0.25) is 5.91 Å². The molecule has 2 aromatic carbocycles. The fraction of sp³-hybridized carbons (Fsp3) is 0.318. The molecule has 0 saturated heterocycles. The molecule has 0 spiro atoms. The van der Waals surface area contributed by atoms with Crippen LogP contribution < -0.4 is 0 Å². The number of fused-ring (bicyclic) bond motifs is 1. The van der Waals surface area contributed by atoms with Gasteiger partial charge >= 0.3 is 0 Å². The number of methoxy groups -OCH3 is 1. The summed E-state index contributed by atoms with van der Waals surface area (Å²) >= 11 is 0. The fourth-order valence-corrected chi connectivity index (χ4v) is 3.22. The molecule has 0 aliphatic carbocycles. The van der Waals surface area contributed by atoms with Crippen LogP contribution in [0.1, 0.15) is 24.0 Å². The Morgan fingerprint density at radius 3 is 2.65 bits per heavy atom. The Kier molecular flexibility index (Phi) is 6.45. The van der Waals surface area contributed by atoms with E-state index in [1.807, 2.05) is 29.2 Å². The molecule has 0 unspecified atom stereocenters. The molecule has 1 N–H and O–H groups in total. The van der Waals surface area contributed by atoms with Gasteiger partial charge in [0.05, 0.1) is 6.61 Å². The average molecular weight is 350 g/mol. The number of rotatable bonds is 9. The lowest BCUT2D eigenvalue weighted by Crippen LogP contribution is -2.33. The standard InChI is InChI=1S/C22H26N2O2/c1-26-15-14-24(17-18-8-3-2-4-9-18)22(25)13-7-10-19-16-23-21-12-6-5-11-20(19)21/h2-6,8-9,11-12,16,23H,7,10,13-15,17H2,1H3. The van der Waals surface area contributed by atoms with Crippen molar-refractivity contribution in [1.29, 1.82) is 0 Å². The van der Waals surface area contributed by atoms with Crippen LogP contribution in [-0.4, -0.2) is 36.1 Å². The van der Waals surface area contributed by atoms with E-state index in [0.717, 1.165) is 23.9 Å². The second kappa shape index (κ2) is 9.20. The van der Waals surface area contributed by atoms with Gasteiger partial charge < -0.3 is 14.6 Å². The number of H-pyrrole nitrogens is 1. The zero-order valence-electron chi connectivity index (χ0n) is 15.3. The molecule has 4 heteroatoms. The summed E-state index contributed by atoms with van der Waals surface area (Å²) in [4.78, 5) is 17.9. The zero-order chi connectivity index (χ0) is 18.2. The number of amides is 1. The third-order valence-electron chi connectivity index (χ3n) is 4.65. The van der Waals surface area contributed by atoms with Crippen molar-refractivity contribution in [3.8, 4) is 0 Å². The summed E-state index contributed by atoms with van der Waals surface area (Å²) in [6.45, 7) is 1.81. The van der Waals surface area contributed by atoms with Crippen LogP contribution in [0.15, 0.2) is 60.8 Å². The van der Waals surface area contributed by atoms with Crippen molar-refractivity contribution in [2.24, 2.45) is 0 Å². The number of aromatic amines is 1. The molecule has 3 rings (SSSR count). The second-order valence-corrected chi connectivity index (χ2v) is 6.51. The lowest BCUT2D eigenvalue weighted by molar-refractivity contribution is -0.132. The summed E-state index contributed by atoms with van der Waals surface area (Å²) < 4.78 is 5.17. The SMILES string of the molecule is COCCN(Cc1ccccc1)C(=O)CCCc1c[nH]c2ccccc12. The van der Waals surface area contributed by atoms with E-state index in [-0.39, 0.29) is 5.91 Å². The third-order valence-corrected chi connectivity index (χ3v) is 4.65. The highest BCUT2D eigenvalue weighted by Crippen LogP contribution is 2.19. The van der Waals surface area contributed by atoms with Crippen LogP contribution in [0.4, 0.5) is 0 Å². The van der Waals surface area contributed by atoms with Crippen molar-refractivity contribution in [1.82, 2.24) is 9.88 Å².